The largest absolute Gasteiger partial charge is 0.493 e. The lowest BCUT2D eigenvalue weighted by molar-refractivity contribution is 0.252. The van der Waals surface area contributed by atoms with Gasteiger partial charge >= 0.3 is 0 Å². The van der Waals surface area contributed by atoms with E-state index in [9.17, 15) is 0 Å². The van der Waals surface area contributed by atoms with Gasteiger partial charge < -0.3 is 14.9 Å². The zero-order valence-electron chi connectivity index (χ0n) is 8.85. The summed E-state index contributed by atoms with van der Waals surface area (Å²) in [6.45, 7) is 0.886. The molecule has 0 amide bonds. The molecule has 0 fully saturated rings. The molecule has 1 aromatic rings. The lowest BCUT2D eigenvalue weighted by atomic mass is 10.2. The van der Waals surface area contributed by atoms with E-state index in [0.717, 1.165) is 30.6 Å². The number of hydrogen-bond acceptors (Lipinski definition) is 3. The molecule has 3 heteroatoms. The van der Waals surface area contributed by atoms with Crippen LogP contribution in [0, 0.1) is 0 Å². The average molecular weight is 210 g/mol. The molecule has 2 N–H and O–H groups in total. The molecule has 84 valence electrons. The van der Waals surface area contributed by atoms with Crippen molar-refractivity contribution in [3.63, 3.8) is 0 Å². The summed E-state index contributed by atoms with van der Waals surface area (Å²) in [5.74, 6) is 0.754. The van der Waals surface area contributed by atoms with Crippen molar-refractivity contribution in [3.8, 4) is 5.75 Å². The van der Waals surface area contributed by atoms with Crippen molar-refractivity contribution in [2.75, 3.05) is 13.2 Å². The van der Waals surface area contributed by atoms with Crippen LogP contribution in [-0.2, 0) is 6.61 Å². The van der Waals surface area contributed by atoms with Crippen LogP contribution in [0.2, 0.25) is 0 Å². The Hall–Kier alpha value is -1.06. The summed E-state index contributed by atoms with van der Waals surface area (Å²) < 4.78 is 5.53. The second kappa shape index (κ2) is 7.26. The standard InChI is InChI=1S/C12H18O3/c13-8-4-1-5-9-15-12-7-3-2-6-11(12)10-14/h2-3,6-7,13-14H,1,4-5,8-10H2. The predicted molar refractivity (Wildman–Crippen MR) is 58.8 cm³/mol. The van der Waals surface area contributed by atoms with E-state index in [2.05, 4.69) is 0 Å². The van der Waals surface area contributed by atoms with Gasteiger partial charge in [0.1, 0.15) is 5.75 Å². The molecule has 0 saturated heterocycles. The number of unbranched alkanes of at least 4 members (excludes halogenated alkanes) is 2. The summed E-state index contributed by atoms with van der Waals surface area (Å²) in [4.78, 5) is 0. The van der Waals surface area contributed by atoms with Crippen LogP contribution in [0.5, 0.6) is 5.75 Å². The minimum absolute atomic E-state index is 0.00676. The van der Waals surface area contributed by atoms with Crippen LogP contribution in [0.3, 0.4) is 0 Å². The summed E-state index contributed by atoms with van der Waals surface area (Å²) in [6, 6.07) is 7.48. The van der Waals surface area contributed by atoms with Crippen molar-refractivity contribution in [3.05, 3.63) is 29.8 Å². The number of ether oxygens (including phenoxy) is 1. The SMILES string of the molecule is OCCCCCOc1ccccc1CO. The van der Waals surface area contributed by atoms with Crippen molar-refractivity contribution < 1.29 is 14.9 Å². The molecule has 0 aliphatic carbocycles. The monoisotopic (exact) mass is 210 g/mol. The van der Waals surface area contributed by atoms with Gasteiger partial charge in [0.15, 0.2) is 0 Å². The van der Waals surface area contributed by atoms with Crippen molar-refractivity contribution >= 4 is 0 Å². The fourth-order valence-corrected chi connectivity index (χ4v) is 1.35. The molecule has 0 aromatic heterocycles. The van der Waals surface area contributed by atoms with E-state index in [1.807, 2.05) is 24.3 Å². The highest BCUT2D eigenvalue weighted by Crippen LogP contribution is 2.17. The van der Waals surface area contributed by atoms with E-state index >= 15 is 0 Å². The maximum absolute atomic E-state index is 9.05. The molecule has 0 bridgehead atoms. The molecule has 0 radical (unpaired) electrons. The van der Waals surface area contributed by atoms with Crippen LogP contribution in [0.1, 0.15) is 24.8 Å². The number of para-hydroxylation sites is 1. The van der Waals surface area contributed by atoms with Gasteiger partial charge in [0, 0.05) is 12.2 Å². The first-order valence-corrected chi connectivity index (χ1v) is 5.31. The molecule has 3 nitrogen and oxygen atoms in total. The Morgan fingerprint density at radius 1 is 1.00 bits per heavy atom. The fourth-order valence-electron chi connectivity index (χ4n) is 1.35. The minimum atomic E-state index is 0.00676. The predicted octanol–water partition coefficient (Wildman–Crippen LogP) is 1.72. The molecule has 0 unspecified atom stereocenters. The molecule has 0 heterocycles. The van der Waals surface area contributed by atoms with E-state index in [0.29, 0.717) is 6.61 Å². The second-order valence-corrected chi connectivity index (χ2v) is 3.40. The van der Waals surface area contributed by atoms with Gasteiger partial charge in [-0.1, -0.05) is 18.2 Å². The zero-order chi connectivity index (χ0) is 10.9. The van der Waals surface area contributed by atoms with Crippen LogP contribution in [-0.4, -0.2) is 23.4 Å². The molecule has 1 rings (SSSR count). The van der Waals surface area contributed by atoms with E-state index in [-0.39, 0.29) is 13.2 Å². The molecule has 0 atom stereocenters. The third kappa shape index (κ3) is 4.32. The molecular formula is C12H18O3. The van der Waals surface area contributed by atoms with Gasteiger partial charge in [-0.3, -0.25) is 0 Å². The van der Waals surface area contributed by atoms with E-state index in [1.54, 1.807) is 0 Å². The zero-order valence-corrected chi connectivity index (χ0v) is 8.85. The van der Waals surface area contributed by atoms with Crippen LogP contribution in [0.15, 0.2) is 24.3 Å². The maximum Gasteiger partial charge on any atom is 0.124 e. The van der Waals surface area contributed by atoms with E-state index in [1.165, 1.54) is 0 Å². The van der Waals surface area contributed by atoms with Gasteiger partial charge in [-0.2, -0.15) is 0 Å². The molecule has 0 aliphatic rings. The highest BCUT2D eigenvalue weighted by Gasteiger charge is 2.00. The Labute approximate surface area is 90.3 Å². The highest BCUT2D eigenvalue weighted by atomic mass is 16.5. The van der Waals surface area contributed by atoms with Gasteiger partial charge in [0.2, 0.25) is 0 Å². The Bertz CT molecular complexity index is 273. The smallest absolute Gasteiger partial charge is 0.124 e. The summed E-state index contributed by atoms with van der Waals surface area (Å²) in [6.07, 6.45) is 2.73. The van der Waals surface area contributed by atoms with Crippen LogP contribution in [0.25, 0.3) is 0 Å². The summed E-state index contributed by atoms with van der Waals surface area (Å²) >= 11 is 0. The van der Waals surface area contributed by atoms with Crippen LogP contribution >= 0.6 is 0 Å². The number of hydrogen-bond donors (Lipinski definition) is 2. The first-order valence-electron chi connectivity index (χ1n) is 5.31. The Kier molecular flexibility index (Phi) is 5.81. The number of rotatable bonds is 7. The quantitative estimate of drug-likeness (QED) is 0.674. The summed E-state index contributed by atoms with van der Waals surface area (Å²) in [5.41, 5.74) is 0.819. The van der Waals surface area contributed by atoms with E-state index < -0.39 is 0 Å². The number of aliphatic hydroxyl groups excluding tert-OH is 2. The minimum Gasteiger partial charge on any atom is -0.493 e. The topological polar surface area (TPSA) is 49.7 Å². The van der Waals surface area contributed by atoms with Crippen LogP contribution < -0.4 is 4.74 Å². The van der Waals surface area contributed by atoms with E-state index in [4.69, 9.17) is 14.9 Å². The van der Waals surface area contributed by atoms with Crippen molar-refractivity contribution in [2.45, 2.75) is 25.9 Å². The second-order valence-electron chi connectivity index (χ2n) is 3.40. The lowest BCUT2D eigenvalue weighted by Gasteiger charge is -2.09. The Morgan fingerprint density at radius 2 is 1.80 bits per heavy atom. The molecule has 0 aliphatic heterocycles. The molecular weight excluding hydrogens is 192 g/mol. The van der Waals surface area contributed by atoms with Crippen LogP contribution in [0.4, 0.5) is 0 Å². The third-order valence-electron chi connectivity index (χ3n) is 2.20. The van der Waals surface area contributed by atoms with Gasteiger partial charge in [-0.05, 0) is 25.3 Å². The molecule has 0 saturated carbocycles. The van der Waals surface area contributed by atoms with Gasteiger partial charge in [-0.15, -0.1) is 0 Å². The first kappa shape index (κ1) is 12.0. The normalized spacial score (nSPS) is 10.3. The highest BCUT2D eigenvalue weighted by molar-refractivity contribution is 5.32. The fraction of sp³-hybridized carbons (Fsp3) is 0.500. The Balaban J connectivity index is 2.30. The maximum atomic E-state index is 9.05. The van der Waals surface area contributed by atoms with Crippen molar-refractivity contribution in [1.29, 1.82) is 0 Å². The van der Waals surface area contributed by atoms with Gasteiger partial charge in [0.05, 0.1) is 13.2 Å². The molecule has 0 spiro atoms. The number of benzene rings is 1. The third-order valence-corrected chi connectivity index (χ3v) is 2.20. The molecule has 15 heavy (non-hydrogen) atoms. The average Bonchev–Trinajstić information content (AvgIpc) is 2.29. The first-order chi connectivity index (χ1) is 7.38. The molecule has 1 aromatic carbocycles. The summed E-state index contributed by atoms with van der Waals surface area (Å²) in [7, 11) is 0. The van der Waals surface area contributed by atoms with Gasteiger partial charge in [0.25, 0.3) is 0 Å². The van der Waals surface area contributed by atoms with Crippen molar-refractivity contribution in [2.24, 2.45) is 0 Å². The lowest BCUT2D eigenvalue weighted by Crippen LogP contribution is -2.00. The van der Waals surface area contributed by atoms with Gasteiger partial charge in [-0.25, -0.2) is 0 Å². The number of aliphatic hydroxyl groups is 2. The van der Waals surface area contributed by atoms with Crippen molar-refractivity contribution in [1.82, 2.24) is 0 Å². The Morgan fingerprint density at radius 3 is 2.53 bits per heavy atom. The summed E-state index contributed by atoms with van der Waals surface area (Å²) in [5, 5.41) is 17.6.